The van der Waals surface area contributed by atoms with E-state index in [1.165, 1.54) is 0 Å². The molecule has 0 bridgehead atoms. The first-order valence-electron chi connectivity index (χ1n) is 6.56. The first kappa shape index (κ1) is 15.3. The van der Waals surface area contributed by atoms with Gasteiger partial charge in [-0.25, -0.2) is 0 Å². The van der Waals surface area contributed by atoms with E-state index >= 15 is 0 Å². The quantitative estimate of drug-likeness (QED) is 0.772. The number of aliphatic hydroxyl groups excluding tert-OH is 1. The Morgan fingerprint density at radius 3 is 2.90 bits per heavy atom. The van der Waals surface area contributed by atoms with Crippen LogP contribution >= 0.6 is 15.9 Å². The molecule has 0 aliphatic carbocycles. The van der Waals surface area contributed by atoms with Crippen LogP contribution in [0.25, 0.3) is 0 Å². The molecule has 0 saturated carbocycles. The Morgan fingerprint density at radius 2 is 2.35 bits per heavy atom. The number of hydrogen-bond donors (Lipinski definition) is 3. The molecule has 1 saturated heterocycles. The maximum atomic E-state index is 12.1. The van der Waals surface area contributed by atoms with Crippen LogP contribution in [0.3, 0.4) is 0 Å². The minimum Gasteiger partial charge on any atom is -0.496 e. The highest BCUT2D eigenvalue weighted by Gasteiger charge is 2.28. The summed E-state index contributed by atoms with van der Waals surface area (Å²) in [6.07, 6.45) is 0.0291. The number of hydrogen-bond acceptors (Lipinski definition) is 4. The highest BCUT2D eigenvalue weighted by atomic mass is 79.9. The number of methoxy groups -OCH3 is 1. The molecule has 3 atom stereocenters. The summed E-state index contributed by atoms with van der Waals surface area (Å²) in [6, 6.07) is 5.30. The van der Waals surface area contributed by atoms with E-state index in [2.05, 4.69) is 26.6 Å². The van der Waals surface area contributed by atoms with E-state index in [0.29, 0.717) is 13.0 Å². The van der Waals surface area contributed by atoms with Gasteiger partial charge in [0.25, 0.3) is 0 Å². The Kier molecular flexibility index (Phi) is 5.01. The summed E-state index contributed by atoms with van der Waals surface area (Å²) in [4.78, 5) is 12.1. The Bertz CT molecular complexity index is 495. The van der Waals surface area contributed by atoms with Crippen LogP contribution < -0.4 is 15.4 Å². The van der Waals surface area contributed by atoms with Crippen LogP contribution in [0.15, 0.2) is 22.7 Å². The van der Waals surface area contributed by atoms with Crippen LogP contribution in [-0.4, -0.2) is 36.8 Å². The first-order chi connectivity index (χ1) is 9.51. The number of halogens is 1. The standard InChI is InChI=1S/C14H19BrN2O3/c1-8(9-3-4-13(20-2)11(15)5-9)17-14(19)12-6-10(18)7-16-12/h3-5,8,10,12,16,18H,6-7H2,1-2H3,(H,17,19)/t8-,10+,12-/m0/s1. The molecule has 0 aromatic heterocycles. The molecule has 20 heavy (non-hydrogen) atoms. The van der Waals surface area contributed by atoms with E-state index in [-0.39, 0.29) is 18.0 Å². The van der Waals surface area contributed by atoms with Crippen molar-refractivity contribution in [1.29, 1.82) is 0 Å². The number of amides is 1. The van der Waals surface area contributed by atoms with Gasteiger partial charge in [-0.2, -0.15) is 0 Å². The topological polar surface area (TPSA) is 70.6 Å². The number of carbonyl (C=O) groups is 1. The van der Waals surface area contributed by atoms with Gasteiger partial charge in [-0.3, -0.25) is 4.79 Å². The van der Waals surface area contributed by atoms with Crippen LogP contribution in [0.5, 0.6) is 5.75 Å². The van der Waals surface area contributed by atoms with Gasteiger partial charge in [0.1, 0.15) is 5.75 Å². The van der Waals surface area contributed by atoms with Gasteiger partial charge in [0.15, 0.2) is 0 Å². The first-order valence-corrected chi connectivity index (χ1v) is 7.36. The van der Waals surface area contributed by atoms with Crippen molar-refractivity contribution in [3.8, 4) is 5.75 Å². The van der Waals surface area contributed by atoms with Gasteiger partial charge in [-0.05, 0) is 47.0 Å². The molecule has 5 nitrogen and oxygen atoms in total. The van der Waals surface area contributed by atoms with Gasteiger partial charge >= 0.3 is 0 Å². The molecule has 2 rings (SSSR count). The van der Waals surface area contributed by atoms with Gasteiger partial charge in [-0.15, -0.1) is 0 Å². The van der Waals surface area contributed by atoms with Crippen molar-refractivity contribution < 1.29 is 14.6 Å². The molecule has 1 fully saturated rings. The third-order valence-corrected chi connectivity index (χ3v) is 4.08. The number of carbonyl (C=O) groups excluding carboxylic acids is 1. The minimum absolute atomic E-state index is 0.0824. The largest absolute Gasteiger partial charge is 0.496 e. The molecule has 1 aliphatic rings. The van der Waals surface area contributed by atoms with Crippen LogP contribution in [0.2, 0.25) is 0 Å². The van der Waals surface area contributed by atoms with E-state index in [0.717, 1.165) is 15.8 Å². The fourth-order valence-electron chi connectivity index (χ4n) is 2.27. The maximum Gasteiger partial charge on any atom is 0.237 e. The van der Waals surface area contributed by atoms with Crippen molar-refractivity contribution in [2.24, 2.45) is 0 Å². The summed E-state index contributed by atoms with van der Waals surface area (Å²) >= 11 is 3.43. The molecule has 0 radical (unpaired) electrons. The molecule has 110 valence electrons. The Morgan fingerprint density at radius 1 is 1.60 bits per heavy atom. The molecule has 1 aromatic carbocycles. The van der Waals surface area contributed by atoms with Crippen molar-refractivity contribution in [3.63, 3.8) is 0 Å². The zero-order valence-electron chi connectivity index (χ0n) is 11.5. The maximum absolute atomic E-state index is 12.1. The third kappa shape index (κ3) is 3.50. The smallest absolute Gasteiger partial charge is 0.237 e. The third-order valence-electron chi connectivity index (χ3n) is 3.46. The zero-order chi connectivity index (χ0) is 14.7. The van der Waals surface area contributed by atoms with Crippen molar-refractivity contribution >= 4 is 21.8 Å². The Balaban J connectivity index is 1.99. The molecular weight excluding hydrogens is 324 g/mol. The lowest BCUT2D eigenvalue weighted by Crippen LogP contribution is -2.41. The number of nitrogens with one attached hydrogen (secondary N) is 2. The summed E-state index contributed by atoms with van der Waals surface area (Å²) < 4.78 is 6.04. The molecule has 3 N–H and O–H groups in total. The van der Waals surface area contributed by atoms with E-state index in [1.54, 1.807) is 7.11 Å². The van der Waals surface area contributed by atoms with Crippen LogP contribution in [0.4, 0.5) is 0 Å². The van der Waals surface area contributed by atoms with Crippen molar-refractivity contribution in [3.05, 3.63) is 28.2 Å². The SMILES string of the molecule is COc1ccc([C@H](C)NC(=O)[C@@H]2C[C@@H](O)CN2)cc1Br. The van der Waals surface area contributed by atoms with E-state index in [1.807, 2.05) is 25.1 Å². The second-order valence-corrected chi connectivity index (χ2v) is 5.83. The lowest BCUT2D eigenvalue weighted by molar-refractivity contribution is -0.123. The second kappa shape index (κ2) is 6.56. The highest BCUT2D eigenvalue weighted by molar-refractivity contribution is 9.10. The average molecular weight is 343 g/mol. The van der Waals surface area contributed by atoms with Gasteiger partial charge in [0.05, 0.1) is 29.8 Å². The fourth-order valence-corrected chi connectivity index (χ4v) is 2.82. The van der Waals surface area contributed by atoms with Crippen LogP contribution in [0.1, 0.15) is 24.9 Å². The number of aliphatic hydroxyl groups is 1. The lowest BCUT2D eigenvalue weighted by atomic mass is 10.1. The second-order valence-electron chi connectivity index (χ2n) is 4.97. The number of rotatable bonds is 4. The van der Waals surface area contributed by atoms with Crippen molar-refractivity contribution in [2.45, 2.75) is 31.5 Å². The number of benzene rings is 1. The van der Waals surface area contributed by atoms with Crippen molar-refractivity contribution in [2.75, 3.05) is 13.7 Å². The Labute approximate surface area is 126 Å². The molecule has 1 amide bonds. The normalized spacial score (nSPS) is 23.4. The molecule has 1 aliphatic heterocycles. The summed E-state index contributed by atoms with van der Waals surface area (Å²) in [6.45, 7) is 2.40. The lowest BCUT2D eigenvalue weighted by Gasteiger charge is -2.18. The van der Waals surface area contributed by atoms with Crippen LogP contribution in [0, 0.1) is 0 Å². The van der Waals surface area contributed by atoms with E-state index < -0.39 is 6.10 Å². The molecule has 1 aromatic rings. The summed E-state index contributed by atoms with van der Waals surface area (Å²) in [5.74, 6) is 0.675. The van der Waals surface area contributed by atoms with Crippen molar-refractivity contribution in [1.82, 2.24) is 10.6 Å². The highest BCUT2D eigenvalue weighted by Crippen LogP contribution is 2.28. The summed E-state index contributed by atoms with van der Waals surface area (Å²) in [5.41, 5.74) is 0.990. The summed E-state index contributed by atoms with van der Waals surface area (Å²) in [5, 5.41) is 15.4. The summed E-state index contributed by atoms with van der Waals surface area (Å²) in [7, 11) is 1.61. The van der Waals surface area contributed by atoms with E-state index in [4.69, 9.17) is 4.74 Å². The van der Waals surface area contributed by atoms with Gasteiger partial charge in [0.2, 0.25) is 5.91 Å². The number of ether oxygens (including phenoxy) is 1. The minimum atomic E-state index is -0.434. The average Bonchev–Trinajstić information content (AvgIpc) is 2.85. The Hall–Kier alpha value is -1.11. The van der Waals surface area contributed by atoms with E-state index in [9.17, 15) is 9.90 Å². The molecule has 6 heteroatoms. The zero-order valence-corrected chi connectivity index (χ0v) is 13.1. The molecule has 1 heterocycles. The number of β-amino-alcohol motifs (C(OH)–C–C–N with tert-alkyl or cyclic N) is 1. The van der Waals surface area contributed by atoms with Gasteiger partial charge in [0, 0.05) is 6.54 Å². The molecular formula is C14H19BrN2O3. The van der Waals surface area contributed by atoms with Crippen LogP contribution in [-0.2, 0) is 4.79 Å². The molecule has 0 spiro atoms. The predicted octanol–water partition coefficient (Wildman–Crippen LogP) is 1.36. The molecule has 0 unspecified atom stereocenters. The monoisotopic (exact) mass is 342 g/mol. The predicted molar refractivity (Wildman–Crippen MR) is 79.7 cm³/mol. The van der Waals surface area contributed by atoms with Gasteiger partial charge in [-0.1, -0.05) is 6.07 Å². The fraction of sp³-hybridized carbons (Fsp3) is 0.500. The van der Waals surface area contributed by atoms with Gasteiger partial charge < -0.3 is 20.5 Å².